The number of nitrogens with two attached hydrogens (primary N) is 1. The van der Waals surface area contributed by atoms with Crippen molar-refractivity contribution in [3.8, 4) is 0 Å². The van der Waals surface area contributed by atoms with Gasteiger partial charge < -0.3 is 5.73 Å². The third-order valence-electron chi connectivity index (χ3n) is 1.72. The average Bonchev–Trinajstić information content (AvgIpc) is 2.16. The number of anilines is 1. The zero-order valence-corrected chi connectivity index (χ0v) is 8.48. The summed E-state index contributed by atoms with van der Waals surface area (Å²) in [6.45, 7) is 0. The number of benzene rings is 1. The molecule has 0 saturated carbocycles. The summed E-state index contributed by atoms with van der Waals surface area (Å²) in [4.78, 5) is 20.0. The number of nitro groups is 2. The summed E-state index contributed by atoms with van der Waals surface area (Å²) in [6, 6.07) is 2.11. The van der Waals surface area contributed by atoms with E-state index in [9.17, 15) is 20.2 Å². The van der Waals surface area contributed by atoms with Gasteiger partial charge in [-0.2, -0.15) is 0 Å². The molecule has 7 nitrogen and oxygen atoms in total. The van der Waals surface area contributed by atoms with Crippen LogP contribution >= 0.6 is 11.8 Å². The number of nitrogens with zero attached hydrogens (tertiary/aromatic N) is 2. The molecule has 8 heteroatoms. The first-order valence-electron chi connectivity index (χ1n) is 3.73. The highest BCUT2D eigenvalue weighted by molar-refractivity contribution is 7.98. The minimum absolute atomic E-state index is 0.0741. The molecule has 1 rings (SSSR count). The van der Waals surface area contributed by atoms with Crippen molar-refractivity contribution >= 4 is 28.8 Å². The van der Waals surface area contributed by atoms with E-state index in [1.807, 2.05) is 0 Å². The Kier molecular flexibility index (Phi) is 3.10. The smallest absolute Gasteiger partial charge is 0.299 e. The van der Waals surface area contributed by atoms with Gasteiger partial charge in [0.2, 0.25) is 0 Å². The fourth-order valence-corrected chi connectivity index (χ4v) is 1.62. The van der Waals surface area contributed by atoms with E-state index in [0.29, 0.717) is 4.90 Å². The van der Waals surface area contributed by atoms with E-state index in [2.05, 4.69) is 0 Å². The van der Waals surface area contributed by atoms with Crippen LogP contribution in [0.1, 0.15) is 0 Å². The Bertz CT molecular complexity index is 434. The monoisotopic (exact) mass is 229 g/mol. The first-order chi connectivity index (χ1) is 6.97. The third kappa shape index (κ3) is 2.15. The van der Waals surface area contributed by atoms with Gasteiger partial charge >= 0.3 is 0 Å². The number of hydrogen-bond acceptors (Lipinski definition) is 6. The molecule has 0 spiro atoms. The van der Waals surface area contributed by atoms with Crippen LogP contribution in [0.15, 0.2) is 17.0 Å². The molecule has 0 aliphatic heterocycles. The second-order valence-electron chi connectivity index (χ2n) is 2.60. The lowest BCUT2D eigenvalue weighted by atomic mass is 10.2. The molecule has 80 valence electrons. The second-order valence-corrected chi connectivity index (χ2v) is 3.45. The predicted molar refractivity (Wildman–Crippen MR) is 55.9 cm³/mol. The summed E-state index contributed by atoms with van der Waals surface area (Å²) in [6.07, 6.45) is 1.63. The Morgan fingerprint density at radius 2 is 1.73 bits per heavy atom. The average molecular weight is 229 g/mol. The van der Waals surface area contributed by atoms with Gasteiger partial charge in [-0.25, -0.2) is 0 Å². The van der Waals surface area contributed by atoms with E-state index in [1.165, 1.54) is 6.07 Å². The van der Waals surface area contributed by atoms with Crippen molar-refractivity contribution < 1.29 is 9.85 Å². The van der Waals surface area contributed by atoms with Crippen molar-refractivity contribution in [1.82, 2.24) is 0 Å². The second kappa shape index (κ2) is 4.13. The molecule has 0 atom stereocenters. The molecule has 15 heavy (non-hydrogen) atoms. The lowest BCUT2D eigenvalue weighted by molar-refractivity contribution is -0.395. The molecule has 0 fully saturated rings. The van der Waals surface area contributed by atoms with Crippen molar-refractivity contribution in [2.75, 3.05) is 12.0 Å². The normalized spacial score (nSPS) is 9.93. The van der Waals surface area contributed by atoms with Gasteiger partial charge in [-0.3, -0.25) is 20.2 Å². The van der Waals surface area contributed by atoms with Crippen LogP contribution in [0.4, 0.5) is 17.1 Å². The lowest BCUT2D eigenvalue weighted by Gasteiger charge is -2.01. The number of thioether (sulfide) groups is 1. The van der Waals surface area contributed by atoms with Gasteiger partial charge in [0.1, 0.15) is 5.69 Å². The molecule has 1 aromatic carbocycles. The van der Waals surface area contributed by atoms with Crippen LogP contribution in [0.3, 0.4) is 0 Å². The first-order valence-corrected chi connectivity index (χ1v) is 4.96. The van der Waals surface area contributed by atoms with Crippen LogP contribution in [-0.4, -0.2) is 16.1 Å². The summed E-state index contributed by atoms with van der Waals surface area (Å²) in [5, 5.41) is 21.1. The minimum Gasteiger partial charge on any atom is -0.393 e. The highest BCUT2D eigenvalue weighted by Crippen LogP contribution is 2.35. The summed E-state index contributed by atoms with van der Waals surface area (Å²) in [7, 11) is 0. The molecule has 0 saturated heterocycles. The van der Waals surface area contributed by atoms with Gasteiger partial charge in [0.05, 0.1) is 20.8 Å². The van der Waals surface area contributed by atoms with Crippen molar-refractivity contribution in [3.05, 3.63) is 32.4 Å². The highest BCUT2D eigenvalue weighted by Gasteiger charge is 2.22. The van der Waals surface area contributed by atoms with Gasteiger partial charge in [0, 0.05) is 0 Å². The van der Waals surface area contributed by atoms with Crippen LogP contribution in [0.5, 0.6) is 0 Å². The maximum Gasteiger partial charge on any atom is 0.299 e. The summed E-state index contributed by atoms with van der Waals surface area (Å²) < 4.78 is 0. The van der Waals surface area contributed by atoms with Crippen LogP contribution in [-0.2, 0) is 0 Å². The third-order valence-corrected chi connectivity index (χ3v) is 2.49. The summed E-state index contributed by atoms with van der Waals surface area (Å²) >= 11 is 1.11. The number of hydrogen-bond donors (Lipinski definition) is 1. The van der Waals surface area contributed by atoms with Crippen molar-refractivity contribution in [2.45, 2.75) is 4.90 Å². The minimum atomic E-state index is -0.744. The number of nitrogen functional groups attached to an aromatic ring is 1. The van der Waals surface area contributed by atoms with Gasteiger partial charge in [0.25, 0.3) is 11.4 Å². The Morgan fingerprint density at radius 3 is 2.13 bits per heavy atom. The Morgan fingerprint density at radius 1 is 1.20 bits per heavy atom. The molecule has 0 unspecified atom stereocenters. The van der Waals surface area contributed by atoms with Crippen LogP contribution in [0.2, 0.25) is 0 Å². The van der Waals surface area contributed by atoms with E-state index in [0.717, 1.165) is 17.8 Å². The van der Waals surface area contributed by atoms with Crippen LogP contribution in [0, 0.1) is 20.2 Å². The van der Waals surface area contributed by atoms with E-state index in [4.69, 9.17) is 5.73 Å². The molecule has 0 aromatic heterocycles. The fourth-order valence-electron chi connectivity index (χ4n) is 1.04. The predicted octanol–water partition coefficient (Wildman–Crippen LogP) is 1.81. The fraction of sp³-hybridized carbons (Fsp3) is 0.143. The van der Waals surface area contributed by atoms with E-state index < -0.39 is 15.5 Å². The largest absolute Gasteiger partial charge is 0.393 e. The van der Waals surface area contributed by atoms with Gasteiger partial charge in [-0.05, 0) is 12.3 Å². The van der Waals surface area contributed by atoms with E-state index >= 15 is 0 Å². The Balaban J connectivity index is 3.43. The quantitative estimate of drug-likeness (QED) is 0.366. The first kappa shape index (κ1) is 11.2. The van der Waals surface area contributed by atoms with E-state index in [1.54, 1.807) is 6.26 Å². The molecule has 0 aliphatic carbocycles. The molecule has 1 aromatic rings. The Hall–Kier alpha value is -1.83. The van der Waals surface area contributed by atoms with Crippen LogP contribution < -0.4 is 5.73 Å². The standard InChI is InChI=1S/C7H7N3O4S/c1-15-7-2-4(8)5(9(11)12)3-6(7)10(13)14/h2-3H,8H2,1H3. The van der Waals surface area contributed by atoms with Crippen molar-refractivity contribution in [3.63, 3.8) is 0 Å². The number of rotatable bonds is 3. The number of nitro benzene ring substituents is 2. The molecular weight excluding hydrogens is 222 g/mol. The van der Waals surface area contributed by atoms with Gasteiger partial charge in [-0.15, -0.1) is 11.8 Å². The molecule has 0 heterocycles. The van der Waals surface area contributed by atoms with Crippen molar-refractivity contribution in [2.24, 2.45) is 0 Å². The molecule has 2 N–H and O–H groups in total. The molecule has 0 radical (unpaired) electrons. The zero-order valence-electron chi connectivity index (χ0n) is 7.67. The van der Waals surface area contributed by atoms with Crippen molar-refractivity contribution in [1.29, 1.82) is 0 Å². The molecule has 0 bridgehead atoms. The summed E-state index contributed by atoms with van der Waals surface area (Å²) in [5.41, 5.74) is 4.57. The topological polar surface area (TPSA) is 112 Å². The summed E-state index contributed by atoms with van der Waals surface area (Å²) in [5.74, 6) is 0. The van der Waals surface area contributed by atoms with Gasteiger partial charge in [0.15, 0.2) is 0 Å². The Labute approximate surface area is 88.6 Å². The SMILES string of the molecule is CSc1cc(N)c([N+](=O)[O-])cc1[N+](=O)[O-]. The van der Waals surface area contributed by atoms with Gasteiger partial charge in [-0.1, -0.05) is 0 Å². The zero-order chi connectivity index (χ0) is 11.6. The molecular formula is C7H7N3O4S. The molecule has 0 amide bonds. The highest BCUT2D eigenvalue weighted by atomic mass is 32.2. The molecule has 0 aliphatic rings. The maximum atomic E-state index is 10.6. The van der Waals surface area contributed by atoms with E-state index in [-0.39, 0.29) is 11.4 Å². The van der Waals surface area contributed by atoms with Crippen LogP contribution in [0.25, 0.3) is 0 Å². The maximum absolute atomic E-state index is 10.6. The lowest BCUT2D eigenvalue weighted by Crippen LogP contribution is -1.99.